The van der Waals surface area contributed by atoms with Gasteiger partial charge in [0.1, 0.15) is 5.82 Å². The van der Waals surface area contributed by atoms with Crippen LogP contribution in [-0.2, 0) is 0 Å². The van der Waals surface area contributed by atoms with E-state index >= 15 is 0 Å². The average Bonchev–Trinajstić information content (AvgIpc) is 2.87. The third-order valence-electron chi connectivity index (χ3n) is 4.12. The summed E-state index contributed by atoms with van der Waals surface area (Å²) in [6, 6.07) is 18.7. The number of nitrogens with zero attached hydrogens (tertiary/aromatic N) is 2. The number of halogens is 2. The molecule has 1 heterocycles. The number of nitriles is 1. The minimum absolute atomic E-state index is 0.320. The van der Waals surface area contributed by atoms with E-state index in [2.05, 4.69) is 45.4 Å². The summed E-state index contributed by atoms with van der Waals surface area (Å²) in [6.45, 7) is 4.04. The van der Waals surface area contributed by atoms with E-state index < -0.39 is 0 Å². The third-order valence-corrected chi connectivity index (χ3v) is 4.79. The van der Waals surface area contributed by atoms with Gasteiger partial charge in [0, 0.05) is 26.2 Å². The standard InChI is InChI=1S/C21H16FIN2/c1-14-10-16(11-17(13-24)20-8-3-4-9-21(20)22)15(2)25(14)19-7-5-6-18(23)12-19/h3-12H,1-2H3/b17-11-. The van der Waals surface area contributed by atoms with Crippen LogP contribution < -0.4 is 0 Å². The first kappa shape index (κ1) is 17.4. The first-order valence-electron chi connectivity index (χ1n) is 7.83. The quantitative estimate of drug-likeness (QED) is 0.367. The number of benzene rings is 2. The Labute approximate surface area is 160 Å². The Morgan fingerprint density at radius 1 is 1.12 bits per heavy atom. The van der Waals surface area contributed by atoms with Crippen LogP contribution in [-0.4, -0.2) is 4.57 Å². The number of hydrogen-bond donors (Lipinski definition) is 0. The van der Waals surface area contributed by atoms with E-state index in [0.29, 0.717) is 11.1 Å². The molecule has 0 spiro atoms. The van der Waals surface area contributed by atoms with Crippen LogP contribution in [0.2, 0.25) is 0 Å². The Kier molecular flexibility index (Phi) is 5.05. The largest absolute Gasteiger partial charge is 0.318 e. The highest BCUT2D eigenvalue weighted by atomic mass is 127. The molecule has 3 aromatic rings. The summed E-state index contributed by atoms with van der Waals surface area (Å²) in [5, 5.41) is 9.49. The van der Waals surface area contributed by atoms with Gasteiger partial charge in [0.05, 0.1) is 11.6 Å². The lowest BCUT2D eigenvalue weighted by Gasteiger charge is -2.10. The van der Waals surface area contributed by atoms with Crippen LogP contribution in [0.15, 0.2) is 54.6 Å². The molecule has 2 nitrogen and oxygen atoms in total. The Morgan fingerprint density at radius 2 is 1.88 bits per heavy atom. The maximum Gasteiger partial charge on any atom is 0.131 e. The lowest BCUT2D eigenvalue weighted by molar-refractivity contribution is 0.624. The van der Waals surface area contributed by atoms with Crippen molar-refractivity contribution < 1.29 is 4.39 Å². The van der Waals surface area contributed by atoms with Crippen LogP contribution >= 0.6 is 22.6 Å². The van der Waals surface area contributed by atoms with Gasteiger partial charge in [-0.25, -0.2) is 4.39 Å². The van der Waals surface area contributed by atoms with Gasteiger partial charge in [-0.1, -0.05) is 24.3 Å². The van der Waals surface area contributed by atoms with Crippen molar-refractivity contribution >= 4 is 34.2 Å². The van der Waals surface area contributed by atoms with Crippen LogP contribution in [0.5, 0.6) is 0 Å². The molecule has 0 aliphatic heterocycles. The Bertz CT molecular complexity index is 1010. The van der Waals surface area contributed by atoms with Crippen molar-refractivity contribution in [3.8, 4) is 11.8 Å². The van der Waals surface area contributed by atoms with Crippen LogP contribution in [0.4, 0.5) is 4.39 Å². The van der Waals surface area contributed by atoms with E-state index in [1.165, 1.54) is 6.07 Å². The van der Waals surface area contributed by atoms with Crippen molar-refractivity contribution in [3.63, 3.8) is 0 Å². The molecule has 0 unspecified atom stereocenters. The second kappa shape index (κ2) is 7.24. The normalized spacial score (nSPS) is 11.4. The Balaban J connectivity index is 2.12. The zero-order valence-corrected chi connectivity index (χ0v) is 16.1. The molecule has 0 aliphatic carbocycles. The van der Waals surface area contributed by atoms with Gasteiger partial charge in [0.15, 0.2) is 0 Å². The number of aromatic nitrogens is 1. The molecule has 0 radical (unpaired) electrons. The number of aryl methyl sites for hydroxylation is 1. The maximum atomic E-state index is 14.0. The fourth-order valence-corrected chi connectivity index (χ4v) is 3.48. The van der Waals surface area contributed by atoms with Crippen molar-refractivity contribution in [2.75, 3.05) is 0 Å². The Hall–Kier alpha value is -2.39. The molecule has 4 heteroatoms. The molecule has 0 saturated carbocycles. The molecule has 25 heavy (non-hydrogen) atoms. The van der Waals surface area contributed by atoms with E-state index in [4.69, 9.17) is 0 Å². The van der Waals surface area contributed by atoms with E-state index in [0.717, 1.165) is 26.2 Å². The molecule has 0 amide bonds. The van der Waals surface area contributed by atoms with Crippen LogP contribution in [0.3, 0.4) is 0 Å². The highest BCUT2D eigenvalue weighted by Gasteiger charge is 2.12. The number of rotatable bonds is 3. The summed E-state index contributed by atoms with van der Waals surface area (Å²) in [5.74, 6) is -0.387. The molecular weight excluding hydrogens is 426 g/mol. The van der Waals surface area contributed by atoms with Crippen molar-refractivity contribution in [1.29, 1.82) is 5.26 Å². The lowest BCUT2D eigenvalue weighted by atomic mass is 10.0. The average molecular weight is 442 g/mol. The molecule has 0 N–H and O–H groups in total. The van der Waals surface area contributed by atoms with E-state index in [1.807, 2.05) is 32.0 Å². The highest BCUT2D eigenvalue weighted by Crippen LogP contribution is 2.26. The fraction of sp³-hybridized carbons (Fsp3) is 0.0952. The lowest BCUT2D eigenvalue weighted by Crippen LogP contribution is -1.99. The van der Waals surface area contributed by atoms with Crippen molar-refractivity contribution in [2.45, 2.75) is 13.8 Å². The van der Waals surface area contributed by atoms with Gasteiger partial charge in [0.2, 0.25) is 0 Å². The van der Waals surface area contributed by atoms with Gasteiger partial charge in [-0.3, -0.25) is 0 Å². The topological polar surface area (TPSA) is 28.7 Å². The zero-order chi connectivity index (χ0) is 18.0. The predicted molar refractivity (Wildman–Crippen MR) is 108 cm³/mol. The smallest absolute Gasteiger partial charge is 0.131 e. The molecule has 1 aromatic heterocycles. The number of allylic oxidation sites excluding steroid dienone is 1. The zero-order valence-electron chi connectivity index (χ0n) is 13.9. The fourth-order valence-electron chi connectivity index (χ4n) is 2.95. The maximum absolute atomic E-state index is 14.0. The van der Waals surface area contributed by atoms with Gasteiger partial charge in [-0.15, -0.1) is 0 Å². The third kappa shape index (κ3) is 3.52. The molecule has 3 rings (SSSR count). The van der Waals surface area contributed by atoms with Crippen molar-refractivity contribution in [3.05, 3.63) is 86.5 Å². The predicted octanol–water partition coefficient (Wildman–Crippen LogP) is 5.90. The minimum atomic E-state index is -0.387. The van der Waals surface area contributed by atoms with Gasteiger partial charge in [-0.2, -0.15) is 5.26 Å². The first-order valence-corrected chi connectivity index (χ1v) is 8.90. The summed E-state index contributed by atoms with van der Waals surface area (Å²) in [7, 11) is 0. The van der Waals surface area contributed by atoms with Crippen molar-refractivity contribution in [1.82, 2.24) is 4.57 Å². The Morgan fingerprint density at radius 3 is 2.56 bits per heavy atom. The van der Waals surface area contributed by atoms with Crippen LogP contribution in [0, 0.1) is 34.6 Å². The van der Waals surface area contributed by atoms with Crippen LogP contribution in [0.25, 0.3) is 17.3 Å². The first-order chi connectivity index (χ1) is 12.0. The molecule has 0 aliphatic rings. The van der Waals surface area contributed by atoms with E-state index in [-0.39, 0.29) is 5.82 Å². The monoisotopic (exact) mass is 442 g/mol. The van der Waals surface area contributed by atoms with E-state index in [9.17, 15) is 9.65 Å². The van der Waals surface area contributed by atoms with Gasteiger partial charge >= 0.3 is 0 Å². The molecule has 124 valence electrons. The molecule has 2 aromatic carbocycles. The van der Waals surface area contributed by atoms with Gasteiger partial charge in [-0.05, 0) is 78.4 Å². The SMILES string of the molecule is Cc1cc(/C=C(/C#N)c2ccccc2F)c(C)n1-c1cccc(I)c1. The molecule has 0 atom stereocenters. The molecule has 0 bridgehead atoms. The highest BCUT2D eigenvalue weighted by molar-refractivity contribution is 14.1. The van der Waals surface area contributed by atoms with Crippen molar-refractivity contribution in [2.24, 2.45) is 0 Å². The summed E-state index contributed by atoms with van der Waals surface area (Å²) in [4.78, 5) is 0. The molecule has 0 fully saturated rings. The molecule has 0 saturated heterocycles. The van der Waals surface area contributed by atoms with Gasteiger partial charge < -0.3 is 4.57 Å². The van der Waals surface area contributed by atoms with E-state index in [1.54, 1.807) is 24.3 Å². The summed E-state index contributed by atoms with van der Waals surface area (Å²) in [5.41, 5.74) is 4.72. The summed E-state index contributed by atoms with van der Waals surface area (Å²) < 4.78 is 17.3. The molecular formula is C21H16FIN2. The second-order valence-corrected chi connectivity index (χ2v) is 7.04. The summed E-state index contributed by atoms with van der Waals surface area (Å²) in [6.07, 6.45) is 1.76. The summed E-state index contributed by atoms with van der Waals surface area (Å²) >= 11 is 2.29. The van der Waals surface area contributed by atoms with Gasteiger partial charge in [0.25, 0.3) is 0 Å². The van der Waals surface area contributed by atoms with Crippen LogP contribution in [0.1, 0.15) is 22.5 Å². The number of hydrogen-bond acceptors (Lipinski definition) is 1. The minimum Gasteiger partial charge on any atom is -0.318 e. The second-order valence-electron chi connectivity index (χ2n) is 5.79.